The Morgan fingerprint density at radius 3 is 2.35 bits per heavy atom. The zero-order valence-corrected chi connectivity index (χ0v) is 12.6. The van der Waals surface area contributed by atoms with E-state index in [1.54, 1.807) is 6.92 Å². The molecule has 4 N–H and O–H groups in total. The van der Waals surface area contributed by atoms with Gasteiger partial charge in [0.2, 0.25) is 0 Å². The molecule has 7 heteroatoms. The zero-order valence-electron chi connectivity index (χ0n) is 11.0. The van der Waals surface area contributed by atoms with Crippen molar-refractivity contribution in [3.05, 3.63) is 34.3 Å². The van der Waals surface area contributed by atoms with Gasteiger partial charge >= 0.3 is 12.0 Å². The number of hydrogen-bond donors (Lipinski definition) is 4. The molecule has 0 aliphatic rings. The third kappa shape index (κ3) is 5.18. The summed E-state index contributed by atoms with van der Waals surface area (Å²) in [6.45, 7) is 1.49. The van der Waals surface area contributed by atoms with Crippen molar-refractivity contribution in [3.8, 4) is 0 Å². The van der Waals surface area contributed by atoms with Crippen molar-refractivity contribution in [1.29, 1.82) is 0 Å². The summed E-state index contributed by atoms with van der Waals surface area (Å²) in [5.41, 5.74) is 0.900. The number of hydrogen-bond acceptors (Lipinski definition) is 3. The van der Waals surface area contributed by atoms with Crippen LogP contribution in [0.4, 0.5) is 4.79 Å². The lowest BCUT2D eigenvalue weighted by Gasteiger charge is -2.18. The molecule has 0 fully saturated rings. The van der Waals surface area contributed by atoms with Gasteiger partial charge < -0.3 is 20.8 Å². The number of carboxylic acids is 1. The van der Waals surface area contributed by atoms with Crippen LogP contribution in [0.25, 0.3) is 0 Å². The number of carbonyl (C=O) groups is 2. The molecule has 110 valence electrons. The SMILES string of the molecule is CC(NC(=O)N[C@@H](CCO)C(=O)O)c1ccc(Br)cc1. The summed E-state index contributed by atoms with van der Waals surface area (Å²) in [5.74, 6) is -1.18. The summed E-state index contributed by atoms with van der Waals surface area (Å²) in [6.07, 6.45) is -0.0323. The minimum Gasteiger partial charge on any atom is -0.480 e. The molecule has 0 aliphatic heterocycles. The minimum absolute atomic E-state index is 0.0323. The van der Waals surface area contributed by atoms with Crippen molar-refractivity contribution in [2.45, 2.75) is 25.4 Å². The van der Waals surface area contributed by atoms with Crippen molar-refractivity contribution >= 4 is 27.9 Å². The Balaban J connectivity index is 2.56. The standard InChI is InChI=1S/C13H17BrN2O4/c1-8(9-2-4-10(14)5-3-9)15-13(20)16-11(6-7-17)12(18)19/h2-5,8,11,17H,6-7H2,1H3,(H,18,19)(H2,15,16,20)/t8?,11-/m0/s1. The predicted molar refractivity (Wildman–Crippen MR) is 77.4 cm³/mol. The van der Waals surface area contributed by atoms with Crippen molar-refractivity contribution in [1.82, 2.24) is 10.6 Å². The van der Waals surface area contributed by atoms with Crippen molar-refractivity contribution in [3.63, 3.8) is 0 Å². The van der Waals surface area contributed by atoms with Gasteiger partial charge in [-0.2, -0.15) is 0 Å². The highest BCUT2D eigenvalue weighted by Crippen LogP contribution is 2.16. The number of aliphatic carboxylic acids is 1. The van der Waals surface area contributed by atoms with Gasteiger partial charge in [0.15, 0.2) is 0 Å². The smallest absolute Gasteiger partial charge is 0.326 e. The van der Waals surface area contributed by atoms with Crippen molar-refractivity contribution < 1.29 is 19.8 Å². The topological polar surface area (TPSA) is 98.7 Å². The van der Waals surface area contributed by atoms with Gasteiger partial charge in [0.1, 0.15) is 6.04 Å². The number of carboxylic acid groups (broad SMARTS) is 1. The van der Waals surface area contributed by atoms with Gasteiger partial charge in [-0.1, -0.05) is 28.1 Å². The molecule has 1 unspecified atom stereocenters. The lowest BCUT2D eigenvalue weighted by atomic mass is 10.1. The number of benzene rings is 1. The highest BCUT2D eigenvalue weighted by molar-refractivity contribution is 9.10. The molecule has 0 saturated heterocycles. The van der Waals surface area contributed by atoms with E-state index in [1.165, 1.54) is 0 Å². The number of urea groups is 1. The summed E-state index contributed by atoms with van der Waals surface area (Å²) in [5, 5.41) is 22.6. The molecule has 6 nitrogen and oxygen atoms in total. The number of rotatable bonds is 6. The quantitative estimate of drug-likeness (QED) is 0.630. The largest absolute Gasteiger partial charge is 0.480 e. The van der Waals surface area contributed by atoms with Gasteiger partial charge in [-0.15, -0.1) is 0 Å². The molecule has 0 heterocycles. The molecule has 0 aliphatic carbocycles. The summed E-state index contributed by atoms with van der Waals surface area (Å²) in [7, 11) is 0. The molecule has 0 radical (unpaired) electrons. The van der Waals surface area contributed by atoms with Gasteiger partial charge in [0.05, 0.1) is 6.04 Å². The number of amides is 2. The second kappa shape index (κ2) is 7.86. The number of aliphatic hydroxyl groups excluding tert-OH is 1. The van der Waals surface area contributed by atoms with E-state index in [0.29, 0.717) is 0 Å². The molecule has 0 aromatic heterocycles. The Morgan fingerprint density at radius 2 is 1.85 bits per heavy atom. The van der Waals surface area contributed by atoms with E-state index >= 15 is 0 Å². The van der Waals surface area contributed by atoms with E-state index in [9.17, 15) is 9.59 Å². The molecule has 0 spiro atoms. The Labute approximate surface area is 125 Å². The highest BCUT2D eigenvalue weighted by Gasteiger charge is 2.20. The Bertz CT molecular complexity index is 464. The Hall–Kier alpha value is -1.60. The number of aliphatic hydroxyl groups is 1. The third-order valence-corrected chi connectivity index (χ3v) is 3.27. The first-order valence-corrected chi connectivity index (χ1v) is 6.89. The van der Waals surface area contributed by atoms with Crippen molar-refractivity contribution in [2.75, 3.05) is 6.61 Å². The van der Waals surface area contributed by atoms with Gasteiger partial charge in [-0.05, 0) is 24.6 Å². The predicted octanol–water partition coefficient (Wildman–Crippen LogP) is 1.64. The molecular formula is C13H17BrN2O4. The Kier molecular flexibility index (Phi) is 6.47. The molecule has 2 amide bonds. The minimum atomic E-state index is -1.18. The fraction of sp³-hybridized carbons (Fsp3) is 0.385. The molecule has 20 heavy (non-hydrogen) atoms. The second-order valence-corrected chi connectivity index (χ2v) is 5.21. The van der Waals surface area contributed by atoms with E-state index in [0.717, 1.165) is 10.0 Å². The molecule has 0 saturated carbocycles. The molecular weight excluding hydrogens is 328 g/mol. The van der Waals surface area contributed by atoms with Crippen LogP contribution in [0, 0.1) is 0 Å². The van der Waals surface area contributed by atoms with Gasteiger partial charge in [-0.25, -0.2) is 9.59 Å². The van der Waals surface area contributed by atoms with E-state index in [4.69, 9.17) is 10.2 Å². The molecule has 1 aromatic carbocycles. The first-order chi connectivity index (χ1) is 9.43. The van der Waals surface area contributed by atoms with Crippen LogP contribution >= 0.6 is 15.9 Å². The summed E-state index contributed by atoms with van der Waals surface area (Å²) < 4.78 is 0.937. The van der Waals surface area contributed by atoms with Crippen LogP contribution in [0.5, 0.6) is 0 Å². The van der Waals surface area contributed by atoms with E-state index < -0.39 is 18.0 Å². The zero-order chi connectivity index (χ0) is 15.1. The Morgan fingerprint density at radius 1 is 1.25 bits per heavy atom. The van der Waals surface area contributed by atoms with Crippen LogP contribution in [-0.2, 0) is 4.79 Å². The maximum atomic E-state index is 11.7. The monoisotopic (exact) mass is 344 g/mol. The molecule has 1 rings (SSSR count). The first-order valence-electron chi connectivity index (χ1n) is 6.10. The summed E-state index contributed by atoms with van der Waals surface area (Å²) >= 11 is 3.32. The fourth-order valence-electron chi connectivity index (χ4n) is 1.62. The van der Waals surface area contributed by atoms with Crippen LogP contribution in [0.3, 0.4) is 0 Å². The third-order valence-electron chi connectivity index (χ3n) is 2.74. The fourth-order valence-corrected chi connectivity index (χ4v) is 1.88. The molecule has 1 aromatic rings. The number of halogens is 1. The van der Waals surface area contributed by atoms with Crippen LogP contribution in [-0.4, -0.2) is 34.9 Å². The maximum Gasteiger partial charge on any atom is 0.326 e. The summed E-state index contributed by atoms with van der Waals surface area (Å²) in [6, 6.07) is 5.49. The molecule has 2 atom stereocenters. The van der Waals surface area contributed by atoms with Crippen LogP contribution in [0.1, 0.15) is 24.9 Å². The number of nitrogens with one attached hydrogen (secondary N) is 2. The maximum absolute atomic E-state index is 11.7. The van der Waals surface area contributed by atoms with Crippen molar-refractivity contribution in [2.24, 2.45) is 0 Å². The average Bonchev–Trinajstić information content (AvgIpc) is 2.38. The van der Waals surface area contributed by atoms with Crippen LogP contribution < -0.4 is 10.6 Å². The first kappa shape index (κ1) is 16.5. The highest BCUT2D eigenvalue weighted by atomic mass is 79.9. The van der Waals surface area contributed by atoms with E-state index in [1.807, 2.05) is 24.3 Å². The van der Waals surface area contributed by atoms with Crippen LogP contribution in [0.15, 0.2) is 28.7 Å². The normalized spacial score (nSPS) is 13.3. The second-order valence-electron chi connectivity index (χ2n) is 4.29. The number of carbonyl (C=O) groups excluding carboxylic acids is 1. The lowest BCUT2D eigenvalue weighted by molar-refractivity contribution is -0.139. The average molecular weight is 345 g/mol. The molecule has 0 bridgehead atoms. The summed E-state index contributed by atoms with van der Waals surface area (Å²) in [4.78, 5) is 22.6. The van der Waals surface area contributed by atoms with Gasteiger partial charge in [0.25, 0.3) is 0 Å². The lowest BCUT2D eigenvalue weighted by Crippen LogP contribution is -2.47. The van der Waals surface area contributed by atoms with E-state index in [2.05, 4.69) is 26.6 Å². The van der Waals surface area contributed by atoms with Gasteiger partial charge in [-0.3, -0.25) is 0 Å². The van der Waals surface area contributed by atoms with Crippen LogP contribution in [0.2, 0.25) is 0 Å². The van der Waals surface area contributed by atoms with Gasteiger partial charge in [0, 0.05) is 17.5 Å². The van der Waals surface area contributed by atoms with E-state index in [-0.39, 0.29) is 19.1 Å².